The third-order valence-corrected chi connectivity index (χ3v) is 10.9. The number of nitrogens with one attached hydrogen (secondary N) is 4. The first-order valence-electron chi connectivity index (χ1n) is 18.5. The number of likely N-dealkylation sites (N-methyl/N-ethyl adjacent to an activating group) is 1. The van der Waals surface area contributed by atoms with E-state index < -0.39 is 6.09 Å². The number of H-pyrrole nitrogens is 2. The van der Waals surface area contributed by atoms with Crippen molar-refractivity contribution in [3.8, 4) is 28.1 Å². The number of carbonyl (C=O) groups is 3. The summed E-state index contributed by atoms with van der Waals surface area (Å²) in [4.78, 5) is 58.0. The molecule has 13 nitrogen and oxygen atoms in total. The van der Waals surface area contributed by atoms with Crippen LogP contribution in [-0.2, 0) is 34.0 Å². The number of nitrogens with zero attached hydrogens (tertiary/aromatic N) is 4. The van der Waals surface area contributed by atoms with Gasteiger partial charge in [0.2, 0.25) is 11.8 Å². The van der Waals surface area contributed by atoms with Gasteiger partial charge in [0.1, 0.15) is 30.5 Å². The monoisotopic (exact) mass is 720 g/mol. The van der Waals surface area contributed by atoms with Crippen molar-refractivity contribution < 1.29 is 23.9 Å². The summed E-state index contributed by atoms with van der Waals surface area (Å²) in [6.45, 7) is 7.61. The van der Waals surface area contributed by atoms with Crippen LogP contribution in [0.2, 0.25) is 0 Å². The second-order valence-electron chi connectivity index (χ2n) is 14.3. The van der Waals surface area contributed by atoms with E-state index in [0.29, 0.717) is 31.4 Å². The maximum atomic E-state index is 13.3. The highest BCUT2D eigenvalue weighted by Crippen LogP contribution is 2.42. The normalized spacial score (nSPS) is 16.8. The molecule has 4 N–H and O–H groups in total. The molecule has 3 aromatic carbocycles. The smallest absolute Gasteiger partial charge is 0.407 e. The summed E-state index contributed by atoms with van der Waals surface area (Å²) < 4.78 is 11.0. The number of rotatable bonds is 12. The molecule has 7 rings (SSSR count). The molecule has 2 aromatic heterocycles. The van der Waals surface area contributed by atoms with Crippen LogP contribution in [-0.4, -0.2) is 87.0 Å². The molecule has 3 amide bonds. The van der Waals surface area contributed by atoms with Gasteiger partial charge in [-0.25, -0.2) is 14.8 Å². The molecule has 1 aliphatic carbocycles. The number of hydrogen-bond donors (Lipinski definition) is 4. The Bertz CT molecular complexity index is 2160. The predicted octanol–water partition coefficient (Wildman–Crippen LogP) is 5.89. The van der Waals surface area contributed by atoms with Gasteiger partial charge in [-0.1, -0.05) is 38.5 Å². The minimum atomic E-state index is -0.631. The van der Waals surface area contributed by atoms with Crippen molar-refractivity contribution in [2.24, 2.45) is 5.92 Å². The molecular formula is C40H48N8O5. The quantitative estimate of drug-likeness (QED) is 0.124. The molecule has 1 fully saturated rings. The van der Waals surface area contributed by atoms with Gasteiger partial charge in [0.05, 0.1) is 49.7 Å². The number of carbonyl (C=O) groups excluding carboxylic acids is 3. The average Bonchev–Trinajstić information content (AvgIpc) is 3.93. The fourth-order valence-electron chi connectivity index (χ4n) is 7.76. The molecule has 1 aliphatic heterocycles. The Labute approximate surface area is 308 Å². The zero-order chi connectivity index (χ0) is 37.2. The summed E-state index contributed by atoms with van der Waals surface area (Å²) in [5, 5.41) is 7.54. The minimum absolute atomic E-state index is 0.0448. The van der Waals surface area contributed by atoms with Crippen molar-refractivity contribution in [1.29, 1.82) is 0 Å². The summed E-state index contributed by atoms with van der Waals surface area (Å²) in [6.07, 6.45) is 5.07. The lowest BCUT2D eigenvalue weighted by Gasteiger charge is -2.31. The van der Waals surface area contributed by atoms with Gasteiger partial charge in [-0.3, -0.25) is 9.59 Å². The number of imidazole rings is 2. The predicted molar refractivity (Wildman–Crippen MR) is 203 cm³/mol. The van der Waals surface area contributed by atoms with Gasteiger partial charge >= 0.3 is 6.09 Å². The fraction of sp³-hybridized carbons (Fsp3) is 0.425. The van der Waals surface area contributed by atoms with Crippen molar-refractivity contribution in [3.05, 3.63) is 65.9 Å². The zero-order valence-electron chi connectivity index (χ0n) is 31.0. The van der Waals surface area contributed by atoms with Gasteiger partial charge in [-0.2, -0.15) is 0 Å². The van der Waals surface area contributed by atoms with E-state index in [-0.39, 0.29) is 37.0 Å². The molecule has 1 saturated carbocycles. The topological polar surface area (TPSA) is 158 Å². The molecule has 278 valence electrons. The van der Waals surface area contributed by atoms with E-state index in [9.17, 15) is 14.4 Å². The van der Waals surface area contributed by atoms with Crippen LogP contribution < -0.4 is 15.4 Å². The Kier molecular flexibility index (Phi) is 10.4. The highest BCUT2D eigenvalue weighted by atomic mass is 16.5. The number of ether oxygens (including phenoxy) is 2. The van der Waals surface area contributed by atoms with E-state index in [0.717, 1.165) is 87.0 Å². The Morgan fingerprint density at radius 3 is 2.62 bits per heavy atom. The second-order valence-corrected chi connectivity index (χ2v) is 14.3. The highest BCUT2D eigenvalue weighted by molar-refractivity contribution is 6.07. The van der Waals surface area contributed by atoms with Crippen LogP contribution >= 0.6 is 0 Å². The molecule has 0 saturated heterocycles. The largest absolute Gasteiger partial charge is 0.488 e. The number of methoxy groups -OCH3 is 1. The summed E-state index contributed by atoms with van der Waals surface area (Å²) in [7, 11) is 3.06. The summed E-state index contributed by atoms with van der Waals surface area (Å²) in [5.41, 5.74) is 6.79. The molecule has 13 heteroatoms. The summed E-state index contributed by atoms with van der Waals surface area (Å²) in [5.74, 6) is 2.48. The van der Waals surface area contributed by atoms with Crippen LogP contribution in [0, 0.1) is 5.92 Å². The number of benzene rings is 3. The third kappa shape index (κ3) is 7.30. The van der Waals surface area contributed by atoms with E-state index in [2.05, 4.69) is 87.5 Å². The van der Waals surface area contributed by atoms with Crippen LogP contribution in [0.5, 0.6) is 5.75 Å². The first-order valence-corrected chi connectivity index (χ1v) is 18.5. The maximum absolute atomic E-state index is 13.3. The Hall–Kier alpha value is -5.43. The van der Waals surface area contributed by atoms with Gasteiger partial charge in [0, 0.05) is 23.0 Å². The van der Waals surface area contributed by atoms with Crippen molar-refractivity contribution in [1.82, 2.24) is 40.4 Å². The molecule has 0 radical (unpaired) electrons. The first kappa shape index (κ1) is 36.0. The van der Waals surface area contributed by atoms with Crippen molar-refractivity contribution in [2.45, 2.75) is 78.2 Å². The van der Waals surface area contributed by atoms with E-state index in [4.69, 9.17) is 9.72 Å². The zero-order valence-corrected chi connectivity index (χ0v) is 31.0. The van der Waals surface area contributed by atoms with Crippen molar-refractivity contribution in [3.63, 3.8) is 0 Å². The number of hydrogen-bond acceptors (Lipinski definition) is 8. The molecule has 2 aliphatic rings. The van der Waals surface area contributed by atoms with E-state index in [1.165, 1.54) is 7.11 Å². The fourth-order valence-corrected chi connectivity index (χ4v) is 7.76. The molecule has 53 heavy (non-hydrogen) atoms. The van der Waals surface area contributed by atoms with Gasteiger partial charge in [0.25, 0.3) is 0 Å². The SMILES string of the molecule is CC[C@H](C)N(Cc1nc2c(ccc3cc4c(cc32)OCc2cc(-c3cnc(CN(C(=O)CNC(=O)OC)[C@H]5CCC[C@H]5C)[nH]3)ccc2-4)[nH]1)C(=O)CNC. The Morgan fingerprint density at radius 1 is 1.02 bits per heavy atom. The Balaban J connectivity index is 1.12. The van der Waals surface area contributed by atoms with Crippen molar-refractivity contribution in [2.75, 3.05) is 27.2 Å². The lowest BCUT2D eigenvalue weighted by atomic mass is 9.92. The third-order valence-electron chi connectivity index (χ3n) is 10.9. The second kappa shape index (κ2) is 15.3. The number of alkyl carbamates (subject to hydrolysis) is 1. The molecule has 3 atom stereocenters. The van der Waals surface area contributed by atoms with Gasteiger partial charge in [-0.05, 0) is 85.5 Å². The van der Waals surface area contributed by atoms with Gasteiger partial charge < -0.3 is 39.9 Å². The van der Waals surface area contributed by atoms with E-state index in [1.54, 1.807) is 13.2 Å². The summed E-state index contributed by atoms with van der Waals surface area (Å²) >= 11 is 0. The molecule has 0 spiro atoms. The molecule has 0 unspecified atom stereocenters. The van der Waals surface area contributed by atoms with Crippen LogP contribution in [0.4, 0.5) is 4.79 Å². The van der Waals surface area contributed by atoms with E-state index >= 15 is 0 Å². The first-order chi connectivity index (χ1) is 25.7. The van der Waals surface area contributed by atoms with Crippen molar-refractivity contribution >= 4 is 39.7 Å². The molecule has 3 heterocycles. The van der Waals surface area contributed by atoms with Crippen LogP contribution in [0.25, 0.3) is 44.2 Å². The standard InChI is InChI=1S/C40H48N8O5/c1-6-24(3)47(37(49)18-41-4)21-36-44-31-13-11-25-15-30-28-12-10-26(14-27(28)22-53-34(30)16-29(25)39(31)46-36)32-17-42-35(45-32)20-48(33-9-7-8-23(33)2)38(50)19-43-40(51)52-5/h10-17,23-24,33,41H,6-9,18-22H2,1-5H3,(H,42,45)(H,43,51)(H,44,46)/t23-,24+,33+/m1/s1. The maximum Gasteiger partial charge on any atom is 0.407 e. The van der Waals surface area contributed by atoms with E-state index in [1.807, 2.05) is 15.9 Å². The minimum Gasteiger partial charge on any atom is -0.488 e. The van der Waals surface area contributed by atoms with Crippen LogP contribution in [0.15, 0.2) is 48.7 Å². The van der Waals surface area contributed by atoms with Crippen LogP contribution in [0.1, 0.15) is 63.7 Å². The number of aromatic nitrogens is 4. The molecule has 0 bridgehead atoms. The van der Waals surface area contributed by atoms with Gasteiger partial charge in [0.15, 0.2) is 0 Å². The number of aromatic amines is 2. The average molecular weight is 721 g/mol. The highest BCUT2D eigenvalue weighted by Gasteiger charge is 2.33. The number of amides is 3. The number of fused-ring (bicyclic) bond motifs is 6. The lowest BCUT2D eigenvalue weighted by Crippen LogP contribution is -2.46. The lowest BCUT2D eigenvalue weighted by molar-refractivity contribution is -0.134. The Morgan fingerprint density at radius 2 is 1.87 bits per heavy atom. The molecular weight excluding hydrogens is 672 g/mol. The molecule has 5 aromatic rings. The van der Waals surface area contributed by atoms with Gasteiger partial charge in [-0.15, -0.1) is 0 Å². The van der Waals surface area contributed by atoms with Crippen LogP contribution in [0.3, 0.4) is 0 Å². The summed E-state index contributed by atoms with van der Waals surface area (Å²) in [6, 6.07) is 14.9.